The van der Waals surface area contributed by atoms with Crippen LogP contribution in [-0.2, 0) is 4.74 Å². The van der Waals surface area contributed by atoms with Gasteiger partial charge in [-0.3, -0.25) is 0 Å². The zero-order valence-corrected chi connectivity index (χ0v) is 9.90. The second-order valence-corrected chi connectivity index (χ2v) is 4.44. The molecule has 2 atom stereocenters. The molecule has 2 unspecified atom stereocenters. The summed E-state index contributed by atoms with van der Waals surface area (Å²) in [4.78, 5) is 0. The molecule has 0 saturated carbocycles. The maximum Gasteiger partial charge on any atom is 0.142 e. The second kappa shape index (κ2) is 4.74. The predicted molar refractivity (Wildman–Crippen MR) is 64.7 cm³/mol. The molecule has 3 heteroatoms. The van der Waals surface area contributed by atoms with Crippen molar-refractivity contribution in [3.05, 3.63) is 23.8 Å². The molecule has 0 aromatic heterocycles. The van der Waals surface area contributed by atoms with Crippen LogP contribution in [0, 0.1) is 6.92 Å². The number of hydrogen-bond donors (Lipinski definition) is 1. The number of anilines is 1. The second-order valence-electron chi connectivity index (χ2n) is 4.44. The van der Waals surface area contributed by atoms with Gasteiger partial charge in [-0.15, -0.1) is 0 Å². The first kappa shape index (κ1) is 11.3. The smallest absolute Gasteiger partial charge is 0.142 e. The summed E-state index contributed by atoms with van der Waals surface area (Å²) in [6, 6.07) is 5.84. The minimum atomic E-state index is 0.218. The summed E-state index contributed by atoms with van der Waals surface area (Å²) in [7, 11) is 0. The third-order valence-electron chi connectivity index (χ3n) is 3.03. The Hall–Kier alpha value is -1.22. The lowest BCUT2D eigenvalue weighted by Crippen LogP contribution is -2.18. The van der Waals surface area contributed by atoms with Gasteiger partial charge in [0.1, 0.15) is 12.4 Å². The molecule has 0 amide bonds. The maximum atomic E-state index is 5.93. The van der Waals surface area contributed by atoms with Gasteiger partial charge < -0.3 is 15.2 Å². The van der Waals surface area contributed by atoms with E-state index in [2.05, 4.69) is 6.92 Å². The van der Waals surface area contributed by atoms with Crippen molar-refractivity contribution in [1.82, 2.24) is 0 Å². The Morgan fingerprint density at radius 2 is 2.25 bits per heavy atom. The van der Waals surface area contributed by atoms with Gasteiger partial charge in [0.05, 0.1) is 17.9 Å². The van der Waals surface area contributed by atoms with E-state index in [4.69, 9.17) is 15.2 Å². The van der Waals surface area contributed by atoms with E-state index in [1.165, 1.54) is 0 Å². The predicted octanol–water partition coefficient (Wildman–Crippen LogP) is 2.52. The summed E-state index contributed by atoms with van der Waals surface area (Å²) >= 11 is 0. The lowest BCUT2D eigenvalue weighted by atomic mass is 10.2. The van der Waals surface area contributed by atoms with Crippen LogP contribution in [0.25, 0.3) is 0 Å². The quantitative estimate of drug-likeness (QED) is 0.798. The molecule has 3 nitrogen and oxygen atoms in total. The van der Waals surface area contributed by atoms with Crippen molar-refractivity contribution in [1.29, 1.82) is 0 Å². The van der Waals surface area contributed by atoms with Crippen molar-refractivity contribution in [2.24, 2.45) is 0 Å². The van der Waals surface area contributed by atoms with E-state index in [0.29, 0.717) is 12.7 Å². The number of ether oxygens (including phenoxy) is 2. The van der Waals surface area contributed by atoms with Gasteiger partial charge >= 0.3 is 0 Å². The number of hydrogen-bond acceptors (Lipinski definition) is 3. The first-order valence-electron chi connectivity index (χ1n) is 5.80. The van der Waals surface area contributed by atoms with E-state index in [0.717, 1.165) is 29.8 Å². The van der Waals surface area contributed by atoms with Crippen molar-refractivity contribution >= 4 is 5.69 Å². The third-order valence-corrected chi connectivity index (χ3v) is 3.03. The van der Waals surface area contributed by atoms with Crippen LogP contribution in [0.2, 0.25) is 0 Å². The normalized spacial score (nSPS) is 24.6. The Labute approximate surface area is 96.5 Å². The number of para-hydroxylation sites is 1. The number of aryl methyl sites for hydroxylation is 1. The van der Waals surface area contributed by atoms with Crippen molar-refractivity contribution < 1.29 is 9.47 Å². The van der Waals surface area contributed by atoms with Gasteiger partial charge in [-0.1, -0.05) is 12.1 Å². The molecule has 1 heterocycles. The SMILES string of the molecule is Cc1cccc(OCC2CCC(C)O2)c1N. The molecule has 1 aromatic rings. The van der Waals surface area contributed by atoms with Crippen LogP contribution in [0.5, 0.6) is 5.75 Å². The fourth-order valence-corrected chi connectivity index (χ4v) is 1.97. The van der Waals surface area contributed by atoms with Crippen molar-refractivity contribution in [3.63, 3.8) is 0 Å². The molecule has 2 N–H and O–H groups in total. The molecule has 0 radical (unpaired) electrons. The van der Waals surface area contributed by atoms with Gasteiger partial charge in [0.25, 0.3) is 0 Å². The summed E-state index contributed by atoms with van der Waals surface area (Å²) in [5.74, 6) is 0.767. The van der Waals surface area contributed by atoms with Crippen LogP contribution in [0.3, 0.4) is 0 Å². The van der Waals surface area contributed by atoms with Crippen molar-refractivity contribution in [2.45, 2.75) is 38.9 Å². The van der Waals surface area contributed by atoms with Gasteiger partial charge in [-0.25, -0.2) is 0 Å². The molecule has 88 valence electrons. The fourth-order valence-electron chi connectivity index (χ4n) is 1.97. The largest absolute Gasteiger partial charge is 0.489 e. The van der Waals surface area contributed by atoms with Crippen LogP contribution in [0.15, 0.2) is 18.2 Å². The van der Waals surface area contributed by atoms with Crippen molar-refractivity contribution in [2.75, 3.05) is 12.3 Å². The summed E-state index contributed by atoms with van der Waals surface area (Å²) < 4.78 is 11.4. The van der Waals surface area contributed by atoms with Crippen molar-refractivity contribution in [3.8, 4) is 5.75 Å². The standard InChI is InChI=1S/C13H19NO2/c1-9-4-3-5-12(13(9)14)15-8-11-7-6-10(2)16-11/h3-5,10-11H,6-8,14H2,1-2H3. The fraction of sp³-hybridized carbons (Fsp3) is 0.538. The molecular weight excluding hydrogens is 202 g/mol. The number of benzene rings is 1. The molecule has 1 aliphatic heterocycles. The lowest BCUT2D eigenvalue weighted by Gasteiger charge is -2.14. The zero-order valence-electron chi connectivity index (χ0n) is 9.90. The van der Waals surface area contributed by atoms with Crippen LogP contribution in [-0.4, -0.2) is 18.8 Å². The van der Waals surface area contributed by atoms with Crippen LogP contribution in [0.1, 0.15) is 25.3 Å². The highest BCUT2D eigenvalue weighted by atomic mass is 16.5. The van der Waals surface area contributed by atoms with Gasteiger partial charge in [0.15, 0.2) is 0 Å². The molecule has 1 fully saturated rings. The Morgan fingerprint density at radius 1 is 1.44 bits per heavy atom. The number of rotatable bonds is 3. The van der Waals surface area contributed by atoms with Gasteiger partial charge in [0.2, 0.25) is 0 Å². The zero-order chi connectivity index (χ0) is 11.5. The highest BCUT2D eigenvalue weighted by Gasteiger charge is 2.22. The van der Waals surface area contributed by atoms with Gasteiger partial charge in [-0.05, 0) is 38.3 Å². The molecule has 16 heavy (non-hydrogen) atoms. The van der Waals surface area contributed by atoms with E-state index in [1.807, 2.05) is 25.1 Å². The summed E-state index contributed by atoms with van der Waals surface area (Å²) in [6.07, 6.45) is 2.78. The minimum Gasteiger partial charge on any atom is -0.489 e. The molecule has 0 aliphatic carbocycles. The van der Waals surface area contributed by atoms with E-state index in [-0.39, 0.29) is 6.10 Å². The monoisotopic (exact) mass is 221 g/mol. The van der Waals surface area contributed by atoms with Crippen LogP contribution >= 0.6 is 0 Å². The van der Waals surface area contributed by atoms with Crippen LogP contribution in [0.4, 0.5) is 5.69 Å². The number of nitrogens with two attached hydrogens (primary N) is 1. The van der Waals surface area contributed by atoms with Gasteiger partial charge in [-0.2, -0.15) is 0 Å². The first-order valence-corrected chi connectivity index (χ1v) is 5.80. The summed E-state index contributed by atoms with van der Waals surface area (Å²) in [5, 5.41) is 0. The molecule has 0 bridgehead atoms. The summed E-state index contributed by atoms with van der Waals surface area (Å²) in [6.45, 7) is 4.68. The Balaban J connectivity index is 1.92. The van der Waals surface area contributed by atoms with Crippen LogP contribution < -0.4 is 10.5 Å². The molecular formula is C13H19NO2. The van der Waals surface area contributed by atoms with E-state index >= 15 is 0 Å². The molecule has 1 aromatic carbocycles. The molecule has 2 rings (SSSR count). The highest BCUT2D eigenvalue weighted by molar-refractivity contribution is 5.57. The van der Waals surface area contributed by atoms with Gasteiger partial charge in [0, 0.05) is 0 Å². The van der Waals surface area contributed by atoms with E-state index in [1.54, 1.807) is 0 Å². The average molecular weight is 221 g/mol. The Morgan fingerprint density at radius 3 is 2.94 bits per heavy atom. The average Bonchev–Trinajstić information content (AvgIpc) is 2.67. The third kappa shape index (κ3) is 2.47. The number of nitrogen functional groups attached to an aromatic ring is 1. The topological polar surface area (TPSA) is 44.5 Å². The molecule has 1 aliphatic rings. The minimum absolute atomic E-state index is 0.218. The molecule has 1 saturated heterocycles. The van der Waals surface area contributed by atoms with E-state index in [9.17, 15) is 0 Å². The lowest BCUT2D eigenvalue weighted by molar-refractivity contribution is 0.0266. The highest BCUT2D eigenvalue weighted by Crippen LogP contribution is 2.26. The Kier molecular flexibility index (Phi) is 3.34. The summed E-state index contributed by atoms with van der Waals surface area (Å²) in [5.41, 5.74) is 7.71. The Bertz CT molecular complexity index is 365. The molecule has 0 spiro atoms. The maximum absolute atomic E-state index is 5.93. The first-order chi connectivity index (χ1) is 7.66. The van der Waals surface area contributed by atoms with E-state index < -0.39 is 0 Å².